The van der Waals surface area contributed by atoms with Gasteiger partial charge in [0.2, 0.25) is 5.91 Å². The third-order valence-electron chi connectivity index (χ3n) is 4.15. The van der Waals surface area contributed by atoms with Gasteiger partial charge in [0.25, 0.3) is 0 Å². The van der Waals surface area contributed by atoms with E-state index in [9.17, 15) is 4.79 Å². The van der Waals surface area contributed by atoms with Crippen LogP contribution in [0.15, 0.2) is 30.6 Å². The number of rotatable bonds is 4. The highest BCUT2D eigenvalue weighted by atomic mass is 35.5. The van der Waals surface area contributed by atoms with Crippen molar-refractivity contribution in [1.29, 1.82) is 0 Å². The van der Waals surface area contributed by atoms with Gasteiger partial charge >= 0.3 is 0 Å². The zero-order chi connectivity index (χ0) is 15.9. The van der Waals surface area contributed by atoms with Crippen molar-refractivity contribution in [2.24, 2.45) is 13.0 Å². The van der Waals surface area contributed by atoms with Crippen molar-refractivity contribution in [2.45, 2.75) is 18.9 Å². The Morgan fingerprint density at radius 3 is 2.86 bits per heavy atom. The number of hydrogen-bond donors (Lipinski definition) is 0. The first-order chi connectivity index (χ1) is 10.5. The van der Waals surface area contributed by atoms with E-state index in [1.165, 1.54) is 0 Å². The summed E-state index contributed by atoms with van der Waals surface area (Å²) in [6.45, 7) is 0.514. The molecule has 0 aliphatic heterocycles. The Kier molecular flexibility index (Phi) is 4.15. The monoisotopic (exact) mass is 337 g/mol. The first kappa shape index (κ1) is 15.4. The van der Waals surface area contributed by atoms with Crippen LogP contribution in [0.5, 0.6) is 0 Å². The minimum absolute atomic E-state index is 0.00365. The lowest BCUT2D eigenvalue weighted by Gasteiger charge is -2.17. The van der Waals surface area contributed by atoms with Gasteiger partial charge < -0.3 is 9.47 Å². The summed E-state index contributed by atoms with van der Waals surface area (Å²) in [4.78, 5) is 18.5. The average Bonchev–Trinajstić information content (AvgIpc) is 3.15. The molecule has 0 saturated heterocycles. The molecule has 1 heterocycles. The topological polar surface area (TPSA) is 38.1 Å². The first-order valence-electron chi connectivity index (χ1n) is 7.13. The highest BCUT2D eigenvalue weighted by molar-refractivity contribution is 6.35. The number of nitrogens with zero attached hydrogens (tertiary/aromatic N) is 3. The summed E-state index contributed by atoms with van der Waals surface area (Å²) in [6, 6.07) is 5.47. The van der Waals surface area contributed by atoms with Crippen LogP contribution in [0, 0.1) is 5.92 Å². The standard InChI is InChI=1S/C16H17Cl2N3O/c1-20-6-5-19-15(20)9-21(2)16(22)13-8-12(13)11-4-3-10(17)7-14(11)18/h3-7,12-13H,8-9H2,1-2H3/t12-,13-/m0/s1. The van der Waals surface area contributed by atoms with E-state index < -0.39 is 0 Å². The Hall–Kier alpha value is -1.52. The van der Waals surface area contributed by atoms with Crippen molar-refractivity contribution in [2.75, 3.05) is 7.05 Å². The van der Waals surface area contributed by atoms with E-state index in [-0.39, 0.29) is 17.7 Å². The van der Waals surface area contributed by atoms with E-state index in [1.807, 2.05) is 37.0 Å². The third kappa shape index (κ3) is 2.99. The Morgan fingerprint density at radius 1 is 1.45 bits per heavy atom. The molecule has 1 aliphatic carbocycles. The minimum atomic E-state index is 0.00365. The Labute approximate surface area is 139 Å². The lowest BCUT2D eigenvalue weighted by molar-refractivity contribution is -0.132. The molecular weight excluding hydrogens is 321 g/mol. The third-order valence-corrected chi connectivity index (χ3v) is 4.71. The predicted octanol–water partition coefficient (Wildman–Crippen LogP) is 3.49. The summed E-state index contributed by atoms with van der Waals surface area (Å²) in [5.41, 5.74) is 1.01. The molecule has 1 aliphatic rings. The highest BCUT2D eigenvalue weighted by Crippen LogP contribution is 2.50. The lowest BCUT2D eigenvalue weighted by Crippen LogP contribution is -2.29. The molecular formula is C16H17Cl2N3O. The van der Waals surface area contributed by atoms with Crippen LogP contribution in [0.4, 0.5) is 0 Å². The van der Waals surface area contributed by atoms with Crippen LogP contribution < -0.4 is 0 Å². The molecule has 0 unspecified atom stereocenters. The fourth-order valence-electron chi connectivity index (χ4n) is 2.74. The number of imidazole rings is 1. The number of benzene rings is 1. The van der Waals surface area contributed by atoms with Crippen molar-refractivity contribution < 1.29 is 4.79 Å². The molecule has 116 valence electrons. The molecule has 22 heavy (non-hydrogen) atoms. The number of carbonyl (C=O) groups excluding carboxylic acids is 1. The SMILES string of the molecule is CN(Cc1nccn1C)C(=O)[C@H]1C[C@H]1c1ccc(Cl)cc1Cl. The van der Waals surface area contributed by atoms with Crippen molar-refractivity contribution >= 4 is 29.1 Å². The van der Waals surface area contributed by atoms with Crippen LogP contribution in [0.2, 0.25) is 10.0 Å². The molecule has 1 saturated carbocycles. The van der Waals surface area contributed by atoms with Gasteiger partial charge in [-0.05, 0) is 30.0 Å². The van der Waals surface area contributed by atoms with Gasteiger partial charge in [0.05, 0.1) is 6.54 Å². The Bertz CT molecular complexity index is 713. The van der Waals surface area contributed by atoms with Gasteiger partial charge in [-0.3, -0.25) is 4.79 Å². The van der Waals surface area contributed by atoms with Crippen LogP contribution in [0.1, 0.15) is 23.7 Å². The van der Waals surface area contributed by atoms with Crippen LogP contribution in [0.3, 0.4) is 0 Å². The molecule has 2 atom stereocenters. The Morgan fingerprint density at radius 2 is 2.23 bits per heavy atom. The smallest absolute Gasteiger partial charge is 0.226 e. The molecule has 6 heteroatoms. The zero-order valence-electron chi connectivity index (χ0n) is 12.5. The largest absolute Gasteiger partial charge is 0.338 e. The number of hydrogen-bond acceptors (Lipinski definition) is 2. The van der Waals surface area contributed by atoms with Crippen molar-refractivity contribution in [3.8, 4) is 0 Å². The normalized spacial score (nSPS) is 20.0. The molecule has 1 aromatic carbocycles. The van der Waals surface area contributed by atoms with Crippen molar-refractivity contribution in [1.82, 2.24) is 14.5 Å². The summed E-state index contributed by atoms with van der Waals surface area (Å²) < 4.78 is 1.92. The summed E-state index contributed by atoms with van der Waals surface area (Å²) in [5.74, 6) is 1.21. The second kappa shape index (κ2) is 5.94. The van der Waals surface area contributed by atoms with Gasteiger partial charge in [-0.2, -0.15) is 0 Å². The quantitative estimate of drug-likeness (QED) is 0.856. The molecule has 4 nitrogen and oxygen atoms in total. The van der Waals surface area contributed by atoms with E-state index in [2.05, 4.69) is 4.98 Å². The van der Waals surface area contributed by atoms with Crippen LogP contribution in [0.25, 0.3) is 0 Å². The van der Waals surface area contributed by atoms with E-state index in [0.717, 1.165) is 17.8 Å². The fraction of sp³-hybridized carbons (Fsp3) is 0.375. The van der Waals surface area contributed by atoms with E-state index in [0.29, 0.717) is 16.6 Å². The molecule has 1 aromatic heterocycles. The van der Waals surface area contributed by atoms with Gasteiger partial charge in [-0.25, -0.2) is 4.98 Å². The van der Waals surface area contributed by atoms with Gasteiger partial charge in [0, 0.05) is 42.5 Å². The van der Waals surface area contributed by atoms with Gasteiger partial charge in [-0.1, -0.05) is 29.3 Å². The van der Waals surface area contributed by atoms with Gasteiger partial charge in [0.15, 0.2) is 0 Å². The Balaban J connectivity index is 1.66. The van der Waals surface area contributed by atoms with Crippen LogP contribution >= 0.6 is 23.2 Å². The summed E-state index contributed by atoms with van der Waals surface area (Å²) >= 11 is 12.1. The molecule has 0 radical (unpaired) electrons. The number of carbonyl (C=O) groups is 1. The number of aryl methyl sites for hydroxylation is 1. The molecule has 0 spiro atoms. The molecule has 0 N–H and O–H groups in total. The van der Waals surface area contributed by atoms with Crippen LogP contribution in [-0.4, -0.2) is 27.4 Å². The number of halogens is 2. The second-order valence-corrected chi connectivity index (χ2v) is 6.61. The summed E-state index contributed by atoms with van der Waals surface area (Å²) in [6.07, 6.45) is 4.45. The summed E-state index contributed by atoms with van der Waals surface area (Å²) in [5, 5.41) is 1.25. The number of amides is 1. The molecule has 2 aromatic rings. The van der Waals surface area contributed by atoms with Crippen LogP contribution in [-0.2, 0) is 18.4 Å². The van der Waals surface area contributed by atoms with Gasteiger partial charge in [-0.15, -0.1) is 0 Å². The minimum Gasteiger partial charge on any atom is -0.338 e. The van der Waals surface area contributed by atoms with E-state index in [1.54, 1.807) is 17.2 Å². The van der Waals surface area contributed by atoms with E-state index in [4.69, 9.17) is 23.2 Å². The first-order valence-corrected chi connectivity index (χ1v) is 7.89. The van der Waals surface area contributed by atoms with Gasteiger partial charge in [0.1, 0.15) is 5.82 Å². The average molecular weight is 338 g/mol. The second-order valence-electron chi connectivity index (χ2n) is 5.76. The maximum absolute atomic E-state index is 12.5. The van der Waals surface area contributed by atoms with E-state index >= 15 is 0 Å². The molecule has 0 bridgehead atoms. The predicted molar refractivity (Wildman–Crippen MR) is 87.0 cm³/mol. The maximum Gasteiger partial charge on any atom is 0.226 e. The van der Waals surface area contributed by atoms with Crippen molar-refractivity contribution in [3.63, 3.8) is 0 Å². The molecule has 1 amide bonds. The maximum atomic E-state index is 12.5. The zero-order valence-corrected chi connectivity index (χ0v) is 14.0. The highest BCUT2D eigenvalue weighted by Gasteiger charge is 2.46. The van der Waals surface area contributed by atoms with Crippen molar-refractivity contribution in [3.05, 3.63) is 52.0 Å². The fourth-order valence-corrected chi connectivity index (χ4v) is 3.28. The number of aromatic nitrogens is 2. The summed E-state index contributed by atoms with van der Waals surface area (Å²) in [7, 11) is 3.74. The molecule has 1 fully saturated rings. The lowest BCUT2D eigenvalue weighted by atomic mass is 10.1. The molecule has 3 rings (SSSR count).